The summed E-state index contributed by atoms with van der Waals surface area (Å²) in [5, 5.41) is 3.32. The van der Waals surface area contributed by atoms with E-state index in [0.29, 0.717) is 17.9 Å². The van der Waals surface area contributed by atoms with Gasteiger partial charge < -0.3 is 5.32 Å². The molecule has 3 heteroatoms. The quantitative estimate of drug-likeness (QED) is 0.815. The van der Waals surface area contributed by atoms with Crippen LogP contribution in [0.3, 0.4) is 0 Å². The second-order valence-electron chi connectivity index (χ2n) is 5.50. The Balaban J connectivity index is 2.89. The predicted octanol–water partition coefficient (Wildman–Crippen LogP) is 3.78. The Hall–Kier alpha value is -0.960. The highest BCUT2D eigenvalue weighted by Gasteiger charge is 2.29. The second-order valence-corrected chi connectivity index (χ2v) is 5.50. The van der Waals surface area contributed by atoms with E-state index in [2.05, 4.69) is 33.0 Å². The molecule has 1 aromatic carbocycles. The number of hydrogen-bond donors (Lipinski definition) is 1. The molecule has 0 radical (unpaired) electrons. The van der Waals surface area contributed by atoms with Crippen LogP contribution in [0.4, 0.5) is 8.78 Å². The van der Waals surface area contributed by atoms with Crippen molar-refractivity contribution in [2.24, 2.45) is 11.3 Å². The number of rotatable bonds is 6. The van der Waals surface area contributed by atoms with Gasteiger partial charge in [-0.25, -0.2) is 8.78 Å². The van der Waals surface area contributed by atoms with Crippen molar-refractivity contribution >= 4 is 0 Å². The van der Waals surface area contributed by atoms with Crippen LogP contribution in [0, 0.1) is 23.0 Å². The van der Waals surface area contributed by atoms with Crippen molar-refractivity contribution < 1.29 is 8.78 Å². The normalized spacial score (nSPS) is 14.8. The third-order valence-corrected chi connectivity index (χ3v) is 3.78. The van der Waals surface area contributed by atoms with Gasteiger partial charge in [0, 0.05) is 12.6 Å². The number of hydrogen-bond acceptors (Lipinski definition) is 1. The lowest BCUT2D eigenvalue weighted by molar-refractivity contribution is 0.206. The first kappa shape index (κ1) is 15.1. The molecule has 0 aliphatic heterocycles. The summed E-state index contributed by atoms with van der Waals surface area (Å²) in [5.41, 5.74) is 0.555. The SMILES string of the molecule is CCNCC(C)(Cc1ccc(F)cc1F)C(C)C. The van der Waals surface area contributed by atoms with Gasteiger partial charge >= 0.3 is 0 Å². The zero-order valence-electron chi connectivity index (χ0n) is 11.7. The van der Waals surface area contributed by atoms with Gasteiger partial charge in [-0.3, -0.25) is 0 Å². The van der Waals surface area contributed by atoms with Crippen molar-refractivity contribution in [3.63, 3.8) is 0 Å². The highest BCUT2D eigenvalue weighted by Crippen LogP contribution is 2.31. The van der Waals surface area contributed by atoms with E-state index in [1.807, 2.05) is 0 Å². The molecule has 1 atom stereocenters. The maximum atomic E-state index is 13.7. The third kappa shape index (κ3) is 3.77. The Morgan fingerprint density at radius 1 is 1.28 bits per heavy atom. The molecule has 0 heterocycles. The van der Waals surface area contributed by atoms with Crippen LogP contribution in [0.25, 0.3) is 0 Å². The van der Waals surface area contributed by atoms with Crippen LogP contribution in [-0.2, 0) is 6.42 Å². The lowest BCUT2D eigenvalue weighted by Crippen LogP contribution is -2.38. The summed E-state index contributed by atoms with van der Waals surface area (Å²) in [5.74, 6) is -0.548. The lowest BCUT2D eigenvalue weighted by Gasteiger charge is -2.34. The molecule has 0 aliphatic rings. The van der Waals surface area contributed by atoms with Crippen LogP contribution in [0.1, 0.15) is 33.3 Å². The molecule has 0 aromatic heterocycles. The molecule has 1 aromatic rings. The molecule has 0 saturated carbocycles. The predicted molar refractivity (Wildman–Crippen MR) is 71.6 cm³/mol. The number of benzene rings is 1. The zero-order chi connectivity index (χ0) is 13.8. The molecular formula is C15H23F2N. The zero-order valence-corrected chi connectivity index (χ0v) is 11.7. The molecule has 1 rings (SSSR count). The van der Waals surface area contributed by atoms with Crippen LogP contribution >= 0.6 is 0 Å². The molecule has 0 fully saturated rings. The van der Waals surface area contributed by atoms with Crippen molar-refractivity contribution in [1.82, 2.24) is 5.32 Å². The Bertz CT molecular complexity index is 390. The molecule has 1 N–H and O–H groups in total. The summed E-state index contributed by atoms with van der Waals surface area (Å²) < 4.78 is 26.6. The van der Waals surface area contributed by atoms with Crippen LogP contribution < -0.4 is 5.32 Å². The maximum Gasteiger partial charge on any atom is 0.129 e. The van der Waals surface area contributed by atoms with E-state index in [1.165, 1.54) is 6.07 Å². The van der Waals surface area contributed by atoms with Gasteiger partial charge in [-0.15, -0.1) is 0 Å². The Kier molecular flexibility index (Phi) is 5.27. The largest absolute Gasteiger partial charge is 0.316 e. The minimum Gasteiger partial charge on any atom is -0.316 e. The first-order valence-electron chi connectivity index (χ1n) is 6.53. The van der Waals surface area contributed by atoms with E-state index in [4.69, 9.17) is 0 Å². The first-order chi connectivity index (χ1) is 8.39. The van der Waals surface area contributed by atoms with Crippen LogP contribution in [0.2, 0.25) is 0 Å². The standard InChI is InChI=1S/C15H23F2N/c1-5-18-10-15(4,11(2)3)9-12-6-7-13(16)8-14(12)17/h6-8,11,18H,5,9-10H2,1-4H3. The van der Waals surface area contributed by atoms with Crippen molar-refractivity contribution in [3.05, 3.63) is 35.4 Å². The first-order valence-corrected chi connectivity index (χ1v) is 6.53. The van der Waals surface area contributed by atoms with Gasteiger partial charge in [-0.1, -0.05) is 33.8 Å². The van der Waals surface area contributed by atoms with Crippen LogP contribution in [0.15, 0.2) is 18.2 Å². The van der Waals surface area contributed by atoms with Gasteiger partial charge in [0.25, 0.3) is 0 Å². The molecule has 0 spiro atoms. The number of halogens is 2. The Morgan fingerprint density at radius 3 is 2.44 bits per heavy atom. The smallest absolute Gasteiger partial charge is 0.129 e. The third-order valence-electron chi connectivity index (χ3n) is 3.78. The highest BCUT2D eigenvalue weighted by molar-refractivity contribution is 5.20. The summed E-state index contributed by atoms with van der Waals surface area (Å²) in [7, 11) is 0. The highest BCUT2D eigenvalue weighted by atomic mass is 19.1. The van der Waals surface area contributed by atoms with Crippen molar-refractivity contribution in [3.8, 4) is 0 Å². The molecule has 18 heavy (non-hydrogen) atoms. The van der Waals surface area contributed by atoms with Gasteiger partial charge in [0.1, 0.15) is 11.6 Å². The van der Waals surface area contributed by atoms with Gasteiger partial charge in [0.2, 0.25) is 0 Å². The molecule has 0 saturated heterocycles. The average molecular weight is 255 g/mol. The number of nitrogens with one attached hydrogen (secondary N) is 1. The fourth-order valence-corrected chi connectivity index (χ4v) is 1.98. The summed E-state index contributed by atoms with van der Waals surface area (Å²) >= 11 is 0. The van der Waals surface area contributed by atoms with E-state index in [0.717, 1.165) is 19.2 Å². The van der Waals surface area contributed by atoms with Crippen LogP contribution in [0.5, 0.6) is 0 Å². The van der Waals surface area contributed by atoms with E-state index in [-0.39, 0.29) is 5.41 Å². The van der Waals surface area contributed by atoms with Crippen molar-refractivity contribution in [2.75, 3.05) is 13.1 Å². The van der Waals surface area contributed by atoms with E-state index in [1.54, 1.807) is 6.07 Å². The van der Waals surface area contributed by atoms with E-state index in [9.17, 15) is 8.78 Å². The molecule has 0 aliphatic carbocycles. The van der Waals surface area contributed by atoms with E-state index < -0.39 is 11.6 Å². The molecule has 0 amide bonds. The van der Waals surface area contributed by atoms with Gasteiger partial charge in [0.15, 0.2) is 0 Å². The minimum absolute atomic E-state index is 0.0331. The maximum absolute atomic E-state index is 13.7. The summed E-state index contributed by atoms with van der Waals surface area (Å²) in [6.07, 6.45) is 0.615. The molecular weight excluding hydrogens is 232 g/mol. The van der Waals surface area contributed by atoms with E-state index >= 15 is 0 Å². The summed E-state index contributed by atoms with van der Waals surface area (Å²) in [6, 6.07) is 3.84. The average Bonchev–Trinajstić information content (AvgIpc) is 2.30. The molecule has 1 unspecified atom stereocenters. The fraction of sp³-hybridized carbons (Fsp3) is 0.600. The fourth-order valence-electron chi connectivity index (χ4n) is 1.98. The van der Waals surface area contributed by atoms with Crippen molar-refractivity contribution in [1.29, 1.82) is 0 Å². The monoisotopic (exact) mass is 255 g/mol. The molecule has 102 valence electrons. The van der Waals surface area contributed by atoms with Gasteiger partial charge in [-0.05, 0) is 35.9 Å². The lowest BCUT2D eigenvalue weighted by atomic mass is 9.74. The Morgan fingerprint density at radius 2 is 1.94 bits per heavy atom. The Labute approximate surface area is 109 Å². The summed E-state index contributed by atoms with van der Waals surface area (Å²) in [4.78, 5) is 0. The van der Waals surface area contributed by atoms with Gasteiger partial charge in [0.05, 0.1) is 0 Å². The minimum atomic E-state index is -0.519. The van der Waals surface area contributed by atoms with Crippen LogP contribution in [-0.4, -0.2) is 13.1 Å². The van der Waals surface area contributed by atoms with Crippen molar-refractivity contribution in [2.45, 2.75) is 34.1 Å². The molecule has 1 nitrogen and oxygen atoms in total. The topological polar surface area (TPSA) is 12.0 Å². The van der Waals surface area contributed by atoms with Gasteiger partial charge in [-0.2, -0.15) is 0 Å². The second kappa shape index (κ2) is 6.28. The molecule has 0 bridgehead atoms. The summed E-state index contributed by atoms with van der Waals surface area (Å²) in [6.45, 7) is 10.2.